The van der Waals surface area contributed by atoms with Crippen LogP contribution < -0.4 is 14.4 Å². The molecule has 3 aromatic carbocycles. The maximum absolute atomic E-state index is 14.2. The molecule has 1 saturated heterocycles. The number of carbonyl (C=O) groups excluding carboxylic acids is 2. The summed E-state index contributed by atoms with van der Waals surface area (Å²) in [5.74, 6) is 1.81. The Hall–Kier alpha value is -3.45. The first-order valence-corrected chi connectivity index (χ1v) is 12.1. The summed E-state index contributed by atoms with van der Waals surface area (Å²) in [5, 5.41) is 0. The van der Waals surface area contributed by atoms with E-state index >= 15 is 0 Å². The molecule has 1 spiro atoms. The Bertz CT molecular complexity index is 1260. The van der Waals surface area contributed by atoms with Crippen LogP contribution in [0.2, 0.25) is 0 Å². The van der Waals surface area contributed by atoms with Crippen molar-refractivity contribution in [2.75, 3.05) is 31.4 Å². The number of carbonyl (C=O) groups is 2. The third kappa shape index (κ3) is 3.51. The van der Waals surface area contributed by atoms with Crippen molar-refractivity contribution in [3.05, 3.63) is 89.0 Å². The van der Waals surface area contributed by atoms with Crippen LogP contribution in [0.25, 0.3) is 0 Å². The van der Waals surface area contributed by atoms with Gasteiger partial charge in [0.2, 0.25) is 0 Å². The summed E-state index contributed by atoms with van der Waals surface area (Å²) in [5.41, 5.74) is 4.20. The van der Waals surface area contributed by atoms with E-state index in [9.17, 15) is 9.59 Å². The van der Waals surface area contributed by atoms with Crippen LogP contribution in [0.3, 0.4) is 0 Å². The van der Waals surface area contributed by atoms with Crippen LogP contribution in [-0.4, -0.2) is 43.2 Å². The quantitative estimate of drug-likeness (QED) is 0.541. The van der Waals surface area contributed by atoms with Gasteiger partial charge in [-0.3, -0.25) is 9.59 Å². The van der Waals surface area contributed by atoms with Gasteiger partial charge in [0.25, 0.3) is 11.8 Å². The second-order valence-electron chi connectivity index (χ2n) is 8.44. The maximum atomic E-state index is 14.2. The molecule has 0 bridgehead atoms. The lowest BCUT2D eigenvalue weighted by Crippen LogP contribution is -2.50. The summed E-state index contributed by atoms with van der Waals surface area (Å²) in [4.78, 5) is 30.2. The first kappa shape index (κ1) is 22.3. The summed E-state index contributed by atoms with van der Waals surface area (Å²) >= 11 is 1.51. The van der Waals surface area contributed by atoms with Gasteiger partial charge in [-0.2, -0.15) is 0 Å². The largest absolute Gasteiger partial charge is 0.497 e. The lowest BCUT2D eigenvalue weighted by Gasteiger charge is -2.33. The Balaban J connectivity index is 1.59. The maximum Gasteiger partial charge on any atom is 0.268 e. The lowest BCUT2D eigenvalue weighted by molar-refractivity contribution is -0.123. The zero-order chi connectivity index (χ0) is 23.9. The zero-order valence-corrected chi connectivity index (χ0v) is 20.2. The minimum atomic E-state index is -1.12. The number of anilines is 1. The molecule has 2 amide bonds. The van der Waals surface area contributed by atoms with E-state index in [-0.39, 0.29) is 11.8 Å². The predicted molar refractivity (Wildman–Crippen MR) is 134 cm³/mol. The van der Waals surface area contributed by atoms with Gasteiger partial charge in [-0.1, -0.05) is 29.8 Å². The second-order valence-corrected chi connectivity index (χ2v) is 9.73. The van der Waals surface area contributed by atoms with Crippen LogP contribution in [0, 0.1) is 6.92 Å². The number of hydrogen-bond donors (Lipinski definition) is 0. The number of aryl methyl sites for hydroxylation is 1. The molecule has 0 unspecified atom stereocenters. The molecule has 6 nitrogen and oxygen atoms in total. The minimum Gasteiger partial charge on any atom is -0.497 e. The highest BCUT2D eigenvalue weighted by atomic mass is 32.2. The van der Waals surface area contributed by atoms with Crippen LogP contribution in [0.1, 0.15) is 27.0 Å². The molecule has 2 aliphatic rings. The van der Waals surface area contributed by atoms with Gasteiger partial charge in [-0.15, -0.1) is 11.8 Å². The van der Waals surface area contributed by atoms with Gasteiger partial charge >= 0.3 is 0 Å². The number of amides is 2. The van der Waals surface area contributed by atoms with Crippen LogP contribution in [0.15, 0.2) is 66.7 Å². The van der Waals surface area contributed by atoms with E-state index in [0.717, 1.165) is 28.1 Å². The van der Waals surface area contributed by atoms with E-state index in [1.807, 2.05) is 73.7 Å². The number of methoxy groups -OCH3 is 2. The van der Waals surface area contributed by atoms with Crippen molar-refractivity contribution in [2.24, 2.45) is 0 Å². The molecule has 5 rings (SSSR count). The summed E-state index contributed by atoms with van der Waals surface area (Å²) in [6.45, 7) is 2.86. The Morgan fingerprint density at radius 3 is 2.47 bits per heavy atom. The molecule has 3 aromatic rings. The number of nitrogens with zero attached hydrogens (tertiary/aromatic N) is 2. The molecule has 34 heavy (non-hydrogen) atoms. The van der Waals surface area contributed by atoms with Gasteiger partial charge in [0.1, 0.15) is 11.5 Å². The molecule has 0 radical (unpaired) electrons. The average molecular weight is 475 g/mol. The SMILES string of the molecule is COc1cccc(CN2C(=O)[C@@]3(SCCN3C(=O)c3ccc(C)cc3)c3cc(OC)ccc32)c1. The Morgan fingerprint density at radius 1 is 1.00 bits per heavy atom. The highest BCUT2D eigenvalue weighted by molar-refractivity contribution is 8.01. The summed E-state index contributed by atoms with van der Waals surface area (Å²) in [6.07, 6.45) is 0. The van der Waals surface area contributed by atoms with Gasteiger partial charge in [0.15, 0.2) is 4.87 Å². The smallest absolute Gasteiger partial charge is 0.268 e. The van der Waals surface area contributed by atoms with Gasteiger partial charge in [0, 0.05) is 23.4 Å². The molecule has 7 heteroatoms. The first-order chi connectivity index (χ1) is 16.5. The highest BCUT2D eigenvalue weighted by Crippen LogP contribution is 2.55. The molecule has 2 heterocycles. The van der Waals surface area contributed by atoms with E-state index in [2.05, 4.69) is 0 Å². The summed E-state index contributed by atoms with van der Waals surface area (Å²) in [6, 6.07) is 20.9. The first-order valence-electron chi connectivity index (χ1n) is 11.1. The van der Waals surface area contributed by atoms with E-state index in [1.54, 1.807) is 24.0 Å². The number of ether oxygens (including phenoxy) is 2. The zero-order valence-electron chi connectivity index (χ0n) is 19.4. The standard InChI is InChI=1S/C27H26N2O4S/c1-18-7-9-20(10-8-18)25(30)29-13-14-34-27(29)23-16-22(33-3)11-12-24(23)28(26(27)31)17-19-5-4-6-21(15-19)32-2/h4-12,15-16H,13-14,17H2,1-3H3/t27-/m0/s1. The van der Waals surface area contributed by atoms with Gasteiger partial charge < -0.3 is 19.3 Å². The predicted octanol–water partition coefficient (Wildman–Crippen LogP) is 4.60. The fourth-order valence-corrected chi connectivity index (χ4v) is 6.14. The summed E-state index contributed by atoms with van der Waals surface area (Å²) in [7, 11) is 3.23. The van der Waals surface area contributed by atoms with Crippen molar-refractivity contribution in [2.45, 2.75) is 18.3 Å². The number of thioether (sulfide) groups is 1. The molecular formula is C27H26N2O4S. The highest BCUT2D eigenvalue weighted by Gasteiger charge is 2.59. The number of rotatable bonds is 5. The molecule has 0 N–H and O–H groups in total. The Morgan fingerprint density at radius 2 is 1.74 bits per heavy atom. The molecule has 1 atom stereocenters. The van der Waals surface area contributed by atoms with Crippen LogP contribution in [-0.2, 0) is 16.2 Å². The average Bonchev–Trinajstić information content (AvgIpc) is 3.41. The third-order valence-electron chi connectivity index (χ3n) is 6.42. The molecule has 0 aliphatic carbocycles. The molecule has 0 saturated carbocycles. The van der Waals surface area contributed by atoms with Crippen molar-refractivity contribution in [1.82, 2.24) is 4.90 Å². The van der Waals surface area contributed by atoms with Gasteiger partial charge in [0.05, 0.1) is 26.5 Å². The molecule has 1 fully saturated rings. The Labute approximate surface area is 203 Å². The molecule has 174 valence electrons. The fourth-order valence-electron chi connectivity index (χ4n) is 4.68. The van der Waals surface area contributed by atoms with Crippen molar-refractivity contribution in [3.63, 3.8) is 0 Å². The molecular weight excluding hydrogens is 448 g/mol. The second kappa shape index (κ2) is 8.72. The minimum absolute atomic E-state index is 0.110. The van der Waals surface area contributed by atoms with Crippen LogP contribution in [0.5, 0.6) is 11.5 Å². The van der Waals surface area contributed by atoms with Crippen LogP contribution in [0.4, 0.5) is 5.69 Å². The van der Waals surface area contributed by atoms with Crippen molar-refractivity contribution in [1.29, 1.82) is 0 Å². The topological polar surface area (TPSA) is 59.1 Å². The number of benzene rings is 3. The van der Waals surface area contributed by atoms with Crippen molar-refractivity contribution < 1.29 is 19.1 Å². The molecule has 0 aromatic heterocycles. The number of hydrogen-bond acceptors (Lipinski definition) is 5. The van der Waals surface area contributed by atoms with Crippen molar-refractivity contribution >= 4 is 29.3 Å². The fraction of sp³-hybridized carbons (Fsp3) is 0.259. The van der Waals surface area contributed by atoms with E-state index < -0.39 is 4.87 Å². The van der Waals surface area contributed by atoms with Gasteiger partial charge in [-0.05, 0) is 55.0 Å². The lowest BCUT2D eigenvalue weighted by atomic mass is 10.0. The van der Waals surface area contributed by atoms with E-state index in [4.69, 9.17) is 9.47 Å². The van der Waals surface area contributed by atoms with E-state index in [1.165, 1.54) is 11.8 Å². The van der Waals surface area contributed by atoms with Crippen LogP contribution >= 0.6 is 11.8 Å². The van der Waals surface area contributed by atoms with Crippen molar-refractivity contribution in [3.8, 4) is 11.5 Å². The Kier molecular flexibility index (Phi) is 5.73. The third-order valence-corrected chi connectivity index (χ3v) is 7.84. The summed E-state index contributed by atoms with van der Waals surface area (Å²) < 4.78 is 10.9. The molecule has 2 aliphatic heterocycles. The normalized spacial score (nSPS) is 19.0. The van der Waals surface area contributed by atoms with Gasteiger partial charge in [-0.25, -0.2) is 0 Å². The monoisotopic (exact) mass is 474 g/mol. The van der Waals surface area contributed by atoms with E-state index in [0.29, 0.717) is 30.2 Å². The number of fused-ring (bicyclic) bond motifs is 2.